The fourth-order valence-electron chi connectivity index (χ4n) is 1.31. The van der Waals surface area contributed by atoms with Crippen molar-refractivity contribution in [3.8, 4) is 0 Å². The molecule has 1 heteroatoms. The average Bonchev–Trinajstić information content (AvgIpc) is 2.27. The number of rotatable bonds is 0. The van der Waals surface area contributed by atoms with E-state index in [9.17, 15) is 0 Å². The van der Waals surface area contributed by atoms with Gasteiger partial charge in [0, 0.05) is 28.1 Å². The predicted molar refractivity (Wildman–Crippen MR) is 43.5 cm³/mol. The van der Waals surface area contributed by atoms with Gasteiger partial charge in [-0.2, -0.15) is 0 Å². The van der Waals surface area contributed by atoms with Gasteiger partial charge in [0.15, 0.2) is 0 Å². The Morgan fingerprint density at radius 1 is 1.00 bits per heavy atom. The molecule has 0 saturated carbocycles. The number of hydrogen-bond donors (Lipinski definition) is 0. The van der Waals surface area contributed by atoms with E-state index in [0.717, 1.165) is 0 Å². The minimum Gasteiger partial charge on any atom is -0.0643 e. The van der Waals surface area contributed by atoms with E-state index >= 15 is 0 Å². The van der Waals surface area contributed by atoms with Crippen LogP contribution in [0.1, 0.15) is 18.1 Å². The van der Waals surface area contributed by atoms with Gasteiger partial charge in [-0.25, -0.2) is 0 Å². The van der Waals surface area contributed by atoms with Crippen LogP contribution < -0.4 is 0 Å². The molecule has 0 atom stereocenters. The molecule has 0 amide bonds. The molecule has 0 spiro atoms. The molecule has 0 fully saturated rings. The van der Waals surface area contributed by atoms with Crippen LogP contribution in [-0.4, -0.2) is 0 Å². The van der Waals surface area contributed by atoms with Gasteiger partial charge in [0.05, 0.1) is 0 Å². The van der Waals surface area contributed by atoms with Gasteiger partial charge in [-0.1, -0.05) is 35.9 Å². The zero-order valence-corrected chi connectivity index (χ0v) is 8.03. The van der Waals surface area contributed by atoms with E-state index in [0.29, 0.717) is 0 Å². The minimum atomic E-state index is 0. The second kappa shape index (κ2) is 3.38. The molecule has 0 bridgehead atoms. The molecule has 0 nitrogen and oxygen atoms in total. The Hall–Kier alpha value is -0.326. The van der Waals surface area contributed by atoms with Gasteiger partial charge < -0.3 is 0 Å². The summed E-state index contributed by atoms with van der Waals surface area (Å²) >= 11 is 0. The van der Waals surface area contributed by atoms with E-state index in [1.54, 1.807) is 0 Å². The van der Waals surface area contributed by atoms with Gasteiger partial charge in [-0.05, 0) is 18.1 Å². The van der Waals surface area contributed by atoms with Crippen LogP contribution in [0.2, 0.25) is 0 Å². The summed E-state index contributed by atoms with van der Waals surface area (Å²) in [7, 11) is 0. The minimum absolute atomic E-state index is 0. The van der Waals surface area contributed by atoms with E-state index in [1.165, 1.54) is 16.7 Å². The fraction of sp³-hybridized carbons (Fsp3) is 0.100. The van der Waals surface area contributed by atoms with E-state index in [-0.39, 0.29) is 21.7 Å². The first-order valence-electron chi connectivity index (χ1n) is 3.48. The third-order valence-corrected chi connectivity index (χ3v) is 1.76. The van der Waals surface area contributed by atoms with Crippen molar-refractivity contribution in [1.82, 2.24) is 0 Å². The Morgan fingerprint density at radius 2 is 1.64 bits per heavy atom. The topological polar surface area (TPSA) is 0 Å². The Labute approximate surface area is 82.2 Å². The summed E-state index contributed by atoms with van der Waals surface area (Å²) in [6.45, 7) is 2.12. The maximum absolute atomic E-state index is 2.20. The zero-order valence-electron chi connectivity index (χ0n) is 6.46. The summed E-state index contributed by atoms with van der Waals surface area (Å²) in [4.78, 5) is 0. The van der Waals surface area contributed by atoms with Crippen molar-refractivity contribution in [2.75, 3.05) is 0 Å². The summed E-state index contributed by atoms with van der Waals surface area (Å²) < 4.78 is 0. The molecule has 1 aromatic carbocycles. The summed E-state index contributed by atoms with van der Waals surface area (Å²) in [5, 5.41) is 0. The van der Waals surface area contributed by atoms with Crippen molar-refractivity contribution in [3.05, 3.63) is 47.4 Å². The average molecular weight is 177 g/mol. The molecule has 1 aliphatic carbocycles. The number of benzene rings is 1. The standard InChI is InChI=1S/C10H9.Ti/c1-8-6-9-4-2-3-5-10(9)7-8;/h2-7H,1H3;. The molecule has 1 radical (unpaired) electrons. The number of fused-ring (bicyclic) bond motifs is 1. The first-order chi connectivity index (χ1) is 4.86. The summed E-state index contributed by atoms with van der Waals surface area (Å²) in [6.07, 6.45) is 4.41. The van der Waals surface area contributed by atoms with Crippen LogP contribution in [0.5, 0.6) is 0 Å². The van der Waals surface area contributed by atoms with Crippen LogP contribution in [0.25, 0.3) is 6.08 Å². The van der Waals surface area contributed by atoms with Gasteiger partial charge in [0.2, 0.25) is 0 Å². The second-order valence-corrected chi connectivity index (χ2v) is 2.66. The molecule has 1 aliphatic rings. The first-order valence-corrected chi connectivity index (χ1v) is 3.48. The van der Waals surface area contributed by atoms with E-state index in [4.69, 9.17) is 0 Å². The molecule has 0 N–H and O–H groups in total. The summed E-state index contributed by atoms with van der Waals surface area (Å²) in [5.41, 5.74) is 4.04. The predicted octanol–water partition coefficient (Wildman–Crippen LogP) is 2.65. The molecule has 1 aromatic rings. The molecular weight excluding hydrogens is 168 g/mol. The van der Waals surface area contributed by atoms with Gasteiger partial charge in [0.1, 0.15) is 0 Å². The van der Waals surface area contributed by atoms with Crippen molar-refractivity contribution in [3.63, 3.8) is 0 Å². The number of allylic oxidation sites excluding steroid dienone is 1. The summed E-state index contributed by atoms with van der Waals surface area (Å²) in [5.74, 6) is 0. The maximum atomic E-state index is 2.20. The molecule has 53 valence electrons. The van der Waals surface area contributed by atoms with E-state index in [1.807, 2.05) is 0 Å². The van der Waals surface area contributed by atoms with Crippen LogP contribution in [0.4, 0.5) is 0 Å². The van der Waals surface area contributed by atoms with Crippen molar-refractivity contribution in [1.29, 1.82) is 0 Å². The smallest absolute Gasteiger partial charge is 0.0161 e. The quantitative estimate of drug-likeness (QED) is 0.534. The van der Waals surface area contributed by atoms with Crippen LogP contribution in [0.3, 0.4) is 0 Å². The molecule has 2 rings (SSSR count). The van der Waals surface area contributed by atoms with Crippen LogP contribution in [0.15, 0.2) is 29.8 Å². The SMILES string of the molecule is CC1=Cc2ccccc2[CH]1.[Ti]. The molecule has 0 unspecified atom stereocenters. The Balaban J connectivity index is 0.000000605. The largest absolute Gasteiger partial charge is 0.0643 e. The van der Waals surface area contributed by atoms with E-state index in [2.05, 4.69) is 43.7 Å². The van der Waals surface area contributed by atoms with Crippen LogP contribution in [-0.2, 0) is 21.7 Å². The van der Waals surface area contributed by atoms with Crippen molar-refractivity contribution in [2.24, 2.45) is 0 Å². The molecule has 0 heterocycles. The Bertz CT molecular complexity index is 287. The van der Waals surface area contributed by atoms with E-state index < -0.39 is 0 Å². The molecule has 0 aliphatic heterocycles. The van der Waals surface area contributed by atoms with Gasteiger partial charge >= 0.3 is 0 Å². The normalized spacial score (nSPS) is 13.4. The first kappa shape index (κ1) is 8.77. The summed E-state index contributed by atoms with van der Waals surface area (Å²) in [6, 6.07) is 8.42. The zero-order chi connectivity index (χ0) is 6.97. The Morgan fingerprint density at radius 3 is 2.27 bits per heavy atom. The van der Waals surface area contributed by atoms with Crippen molar-refractivity contribution in [2.45, 2.75) is 6.92 Å². The van der Waals surface area contributed by atoms with Gasteiger partial charge in [0.25, 0.3) is 0 Å². The third kappa shape index (κ3) is 1.63. The molecular formula is C10H9Ti. The molecule has 11 heavy (non-hydrogen) atoms. The fourth-order valence-corrected chi connectivity index (χ4v) is 1.31. The van der Waals surface area contributed by atoms with Gasteiger partial charge in [-0.15, -0.1) is 0 Å². The Kier molecular flexibility index (Phi) is 2.69. The molecule has 0 saturated heterocycles. The third-order valence-electron chi connectivity index (χ3n) is 1.76. The monoisotopic (exact) mass is 177 g/mol. The van der Waals surface area contributed by atoms with Crippen LogP contribution >= 0.6 is 0 Å². The van der Waals surface area contributed by atoms with Crippen molar-refractivity contribution >= 4 is 6.08 Å². The van der Waals surface area contributed by atoms with Gasteiger partial charge in [-0.3, -0.25) is 0 Å². The maximum Gasteiger partial charge on any atom is 0.0161 e. The molecule has 0 aromatic heterocycles. The van der Waals surface area contributed by atoms with Crippen LogP contribution in [0, 0.1) is 6.42 Å². The number of hydrogen-bond acceptors (Lipinski definition) is 0. The second-order valence-electron chi connectivity index (χ2n) is 2.66. The van der Waals surface area contributed by atoms with Crippen molar-refractivity contribution < 1.29 is 21.7 Å².